The van der Waals surface area contributed by atoms with Crippen LogP contribution >= 0.6 is 11.3 Å². The van der Waals surface area contributed by atoms with Crippen LogP contribution in [0.15, 0.2) is 35.7 Å². The van der Waals surface area contributed by atoms with Crippen LogP contribution in [0.2, 0.25) is 0 Å². The Morgan fingerprint density at radius 1 is 1.30 bits per heavy atom. The summed E-state index contributed by atoms with van der Waals surface area (Å²) in [7, 11) is 0. The zero-order valence-electron chi connectivity index (χ0n) is 12.0. The fraction of sp³-hybridized carbons (Fsp3) is 0.312. The molecule has 2 aromatic rings. The molecule has 0 fully saturated rings. The normalized spacial score (nSPS) is 11.9. The average molecular weight is 289 g/mol. The van der Waals surface area contributed by atoms with E-state index in [-0.39, 0.29) is 18.6 Å². The lowest BCUT2D eigenvalue weighted by Crippen LogP contribution is -2.30. The monoisotopic (exact) mass is 289 g/mol. The Kier molecular flexibility index (Phi) is 4.79. The molecule has 0 aliphatic rings. The van der Waals surface area contributed by atoms with Crippen molar-refractivity contribution < 1.29 is 9.53 Å². The number of amides is 1. The number of hydrogen-bond acceptors (Lipinski definition) is 3. The second-order valence-electron chi connectivity index (χ2n) is 4.84. The van der Waals surface area contributed by atoms with Crippen LogP contribution in [0.3, 0.4) is 0 Å². The molecular formula is C16H19NO2S. The van der Waals surface area contributed by atoms with Gasteiger partial charge in [0.2, 0.25) is 0 Å². The van der Waals surface area contributed by atoms with Gasteiger partial charge in [-0.1, -0.05) is 12.1 Å². The fourth-order valence-corrected chi connectivity index (χ4v) is 2.58. The van der Waals surface area contributed by atoms with Crippen molar-refractivity contribution in [1.29, 1.82) is 0 Å². The highest BCUT2D eigenvalue weighted by atomic mass is 32.1. The number of ether oxygens (including phenoxy) is 1. The van der Waals surface area contributed by atoms with Crippen molar-refractivity contribution in [2.75, 3.05) is 6.61 Å². The summed E-state index contributed by atoms with van der Waals surface area (Å²) < 4.78 is 5.51. The van der Waals surface area contributed by atoms with Gasteiger partial charge in [-0.2, -0.15) is 0 Å². The molecule has 0 radical (unpaired) electrons. The van der Waals surface area contributed by atoms with Crippen LogP contribution in [0.25, 0.3) is 0 Å². The van der Waals surface area contributed by atoms with Crippen LogP contribution < -0.4 is 10.1 Å². The summed E-state index contributed by atoms with van der Waals surface area (Å²) in [6.45, 7) is 6.09. The molecule has 4 heteroatoms. The highest BCUT2D eigenvalue weighted by Gasteiger charge is 2.10. The quantitative estimate of drug-likeness (QED) is 0.913. The molecule has 0 saturated heterocycles. The fourth-order valence-electron chi connectivity index (χ4n) is 1.84. The molecule has 3 nitrogen and oxygen atoms in total. The molecule has 2 rings (SSSR count). The molecule has 1 atom stereocenters. The molecule has 0 aliphatic heterocycles. The van der Waals surface area contributed by atoms with Crippen molar-refractivity contribution in [3.05, 3.63) is 51.7 Å². The molecule has 1 unspecified atom stereocenters. The first-order valence-corrected chi connectivity index (χ1v) is 7.47. The second-order valence-corrected chi connectivity index (χ2v) is 5.82. The van der Waals surface area contributed by atoms with Gasteiger partial charge in [0.05, 0.1) is 6.04 Å². The van der Waals surface area contributed by atoms with Gasteiger partial charge in [-0.05, 0) is 55.5 Å². The van der Waals surface area contributed by atoms with Crippen LogP contribution in [0.1, 0.15) is 29.0 Å². The smallest absolute Gasteiger partial charge is 0.258 e. The highest BCUT2D eigenvalue weighted by Crippen LogP contribution is 2.18. The Labute approximate surface area is 123 Å². The van der Waals surface area contributed by atoms with Gasteiger partial charge in [-0.3, -0.25) is 4.79 Å². The van der Waals surface area contributed by atoms with Crippen molar-refractivity contribution in [3.8, 4) is 5.75 Å². The van der Waals surface area contributed by atoms with E-state index in [0.29, 0.717) is 0 Å². The van der Waals surface area contributed by atoms with E-state index in [1.54, 1.807) is 11.3 Å². The van der Waals surface area contributed by atoms with Crippen LogP contribution in [-0.4, -0.2) is 12.5 Å². The molecule has 1 N–H and O–H groups in total. The van der Waals surface area contributed by atoms with Crippen LogP contribution in [0.5, 0.6) is 5.75 Å². The molecule has 0 bridgehead atoms. The van der Waals surface area contributed by atoms with Crippen LogP contribution in [0.4, 0.5) is 0 Å². The Bertz CT molecular complexity index is 578. The Hall–Kier alpha value is -1.81. The molecule has 106 valence electrons. The van der Waals surface area contributed by atoms with Gasteiger partial charge in [0.25, 0.3) is 5.91 Å². The standard InChI is InChI=1S/C16H19NO2S/c1-11-6-7-14(9-12(11)2)19-10-16(18)17-13(3)15-5-4-8-20-15/h4-9,13H,10H2,1-3H3,(H,17,18). The van der Waals surface area contributed by atoms with Crippen molar-refractivity contribution in [2.24, 2.45) is 0 Å². The van der Waals surface area contributed by atoms with Crippen molar-refractivity contribution in [2.45, 2.75) is 26.8 Å². The summed E-state index contributed by atoms with van der Waals surface area (Å²) in [5, 5.41) is 4.93. The van der Waals surface area contributed by atoms with E-state index in [1.165, 1.54) is 5.56 Å². The van der Waals surface area contributed by atoms with E-state index in [9.17, 15) is 4.79 Å². The van der Waals surface area contributed by atoms with Crippen molar-refractivity contribution in [1.82, 2.24) is 5.32 Å². The van der Waals surface area contributed by atoms with Crippen molar-refractivity contribution >= 4 is 17.2 Å². The Balaban J connectivity index is 1.84. The highest BCUT2D eigenvalue weighted by molar-refractivity contribution is 7.10. The van der Waals surface area contributed by atoms with Gasteiger partial charge in [0, 0.05) is 4.88 Å². The first-order chi connectivity index (χ1) is 9.56. The Morgan fingerprint density at radius 3 is 2.75 bits per heavy atom. The van der Waals surface area contributed by atoms with Gasteiger partial charge in [0.1, 0.15) is 5.75 Å². The van der Waals surface area contributed by atoms with E-state index < -0.39 is 0 Å². The van der Waals surface area contributed by atoms with Gasteiger partial charge in [0.15, 0.2) is 6.61 Å². The van der Waals surface area contributed by atoms with Crippen molar-refractivity contribution in [3.63, 3.8) is 0 Å². The third-order valence-corrected chi connectivity index (χ3v) is 4.25. The molecule has 1 amide bonds. The molecule has 1 heterocycles. The SMILES string of the molecule is Cc1ccc(OCC(=O)NC(C)c2cccs2)cc1C. The number of rotatable bonds is 5. The number of aryl methyl sites for hydroxylation is 2. The zero-order valence-corrected chi connectivity index (χ0v) is 12.8. The molecule has 1 aromatic heterocycles. The molecule has 20 heavy (non-hydrogen) atoms. The minimum Gasteiger partial charge on any atom is -0.484 e. The molecular weight excluding hydrogens is 270 g/mol. The molecule has 0 saturated carbocycles. The summed E-state index contributed by atoms with van der Waals surface area (Å²) in [5.41, 5.74) is 2.38. The van der Waals surface area contributed by atoms with Gasteiger partial charge in [-0.25, -0.2) is 0 Å². The molecule has 1 aromatic carbocycles. The summed E-state index contributed by atoms with van der Waals surface area (Å²) >= 11 is 1.64. The third-order valence-electron chi connectivity index (χ3n) is 3.20. The first-order valence-electron chi connectivity index (χ1n) is 6.59. The average Bonchev–Trinajstić information content (AvgIpc) is 2.94. The first kappa shape index (κ1) is 14.6. The van der Waals surface area contributed by atoms with Gasteiger partial charge >= 0.3 is 0 Å². The number of nitrogens with one attached hydrogen (secondary N) is 1. The molecule has 0 aliphatic carbocycles. The summed E-state index contributed by atoms with van der Waals surface area (Å²) in [6.07, 6.45) is 0. The zero-order chi connectivity index (χ0) is 14.5. The number of benzene rings is 1. The minimum atomic E-state index is -0.107. The third kappa shape index (κ3) is 3.84. The van der Waals surface area contributed by atoms with Crippen LogP contribution in [-0.2, 0) is 4.79 Å². The number of carbonyl (C=O) groups is 1. The van der Waals surface area contributed by atoms with Crippen LogP contribution in [0, 0.1) is 13.8 Å². The van der Waals surface area contributed by atoms with E-state index in [0.717, 1.165) is 16.2 Å². The van der Waals surface area contributed by atoms with E-state index in [2.05, 4.69) is 12.2 Å². The van der Waals surface area contributed by atoms with Gasteiger partial charge in [-0.15, -0.1) is 11.3 Å². The largest absolute Gasteiger partial charge is 0.484 e. The lowest BCUT2D eigenvalue weighted by Gasteiger charge is -2.13. The van der Waals surface area contributed by atoms with E-state index >= 15 is 0 Å². The van der Waals surface area contributed by atoms with E-state index in [1.807, 2.05) is 49.6 Å². The molecule has 0 spiro atoms. The lowest BCUT2D eigenvalue weighted by molar-refractivity contribution is -0.123. The predicted octanol–water partition coefficient (Wildman–Crippen LogP) is 3.62. The topological polar surface area (TPSA) is 38.3 Å². The predicted molar refractivity (Wildman–Crippen MR) is 82.3 cm³/mol. The maximum Gasteiger partial charge on any atom is 0.258 e. The number of thiophene rings is 1. The van der Waals surface area contributed by atoms with E-state index in [4.69, 9.17) is 4.74 Å². The number of hydrogen-bond donors (Lipinski definition) is 1. The summed E-state index contributed by atoms with van der Waals surface area (Å²) in [6, 6.07) is 9.85. The lowest BCUT2D eigenvalue weighted by atomic mass is 10.1. The minimum absolute atomic E-state index is 0.0193. The number of carbonyl (C=O) groups excluding carboxylic acids is 1. The Morgan fingerprint density at radius 2 is 2.10 bits per heavy atom. The summed E-state index contributed by atoms with van der Waals surface area (Å²) in [5.74, 6) is 0.621. The second kappa shape index (κ2) is 6.57. The van der Waals surface area contributed by atoms with Gasteiger partial charge < -0.3 is 10.1 Å². The summed E-state index contributed by atoms with van der Waals surface area (Å²) in [4.78, 5) is 13.0. The maximum atomic E-state index is 11.8. The maximum absolute atomic E-state index is 11.8.